The molecule has 0 fully saturated rings. The number of hydrogen-bond donors (Lipinski definition) is 3. The Kier molecular flexibility index (Phi) is 4.14. The second-order valence-corrected chi connectivity index (χ2v) is 4.26. The van der Waals surface area contributed by atoms with Crippen molar-refractivity contribution in [3.05, 3.63) is 23.8 Å². The van der Waals surface area contributed by atoms with Crippen LogP contribution in [0.5, 0.6) is 0 Å². The molecule has 0 aliphatic heterocycles. The highest BCUT2D eigenvalue weighted by atomic mass is 16.2. The standard InChI is InChI=1S/C12H18N4O2/c1-7(12(18)16(2)3)15-10-6-8(11(14)17)4-5-9(10)13/h4-7,15H,13H2,1-3H3,(H2,14,17). The molecule has 0 bridgehead atoms. The molecule has 0 aromatic heterocycles. The van der Waals surface area contributed by atoms with Crippen LogP contribution in [-0.4, -0.2) is 36.9 Å². The number of nitrogens with one attached hydrogen (secondary N) is 1. The number of carbonyl (C=O) groups excluding carboxylic acids is 2. The van der Waals surface area contributed by atoms with Gasteiger partial charge in [-0.25, -0.2) is 0 Å². The van der Waals surface area contributed by atoms with E-state index in [0.29, 0.717) is 16.9 Å². The summed E-state index contributed by atoms with van der Waals surface area (Å²) >= 11 is 0. The molecular formula is C12H18N4O2. The second kappa shape index (κ2) is 5.39. The van der Waals surface area contributed by atoms with Crippen molar-refractivity contribution in [2.75, 3.05) is 25.1 Å². The third kappa shape index (κ3) is 3.13. The molecule has 0 saturated heterocycles. The summed E-state index contributed by atoms with van der Waals surface area (Å²) in [6.45, 7) is 1.72. The van der Waals surface area contributed by atoms with Crippen molar-refractivity contribution in [1.82, 2.24) is 4.90 Å². The quantitative estimate of drug-likeness (QED) is 0.667. The number of nitrogens with two attached hydrogens (primary N) is 2. The first-order valence-corrected chi connectivity index (χ1v) is 5.50. The lowest BCUT2D eigenvalue weighted by Gasteiger charge is -2.20. The predicted octanol–water partition coefficient (Wildman–Crippen LogP) is 0.256. The SMILES string of the molecule is CC(Nc1cc(C(N)=O)ccc1N)C(=O)N(C)C. The van der Waals surface area contributed by atoms with Gasteiger partial charge in [-0.3, -0.25) is 9.59 Å². The molecule has 6 nitrogen and oxygen atoms in total. The van der Waals surface area contributed by atoms with E-state index in [1.54, 1.807) is 33.2 Å². The zero-order valence-electron chi connectivity index (χ0n) is 10.7. The van der Waals surface area contributed by atoms with Gasteiger partial charge in [0.25, 0.3) is 0 Å². The van der Waals surface area contributed by atoms with Gasteiger partial charge in [-0.15, -0.1) is 0 Å². The van der Waals surface area contributed by atoms with Crippen LogP contribution in [-0.2, 0) is 4.79 Å². The van der Waals surface area contributed by atoms with Gasteiger partial charge in [0.05, 0.1) is 11.4 Å². The van der Waals surface area contributed by atoms with Crippen molar-refractivity contribution in [3.63, 3.8) is 0 Å². The summed E-state index contributed by atoms with van der Waals surface area (Å²) in [6.07, 6.45) is 0. The van der Waals surface area contributed by atoms with E-state index in [1.165, 1.54) is 11.0 Å². The van der Waals surface area contributed by atoms with Crippen LogP contribution in [0.25, 0.3) is 0 Å². The van der Waals surface area contributed by atoms with Gasteiger partial charge in [-0.1, -0.05) is 0 Å². The van der Waals surface area contributed by atoms with Crippen LogP contribution in [0.15, 0.2) is 18.2 Å². The Morgan fingerprint density at radius 2 is 1.94 bits per heavy atom. The number of primary amides is 1. The maximum atomic E-state index is 11.7. The molecule has 0 radical (unpaired) electrons. The highest BCUT2D eigenvalue weighted by molar-refractivity contribution is 5.95. The molecule has 1 rings (SSSR count). The summed E-state index contributed by atoms with van der Waals surface area (Å²) in [5.74, 6) is -0.622. The molecule has 1 atom stereocenters. The second-order valence-electron chi connectivity index (χ2n) is 4.26. The minimum atomic E-state index is -0.537. The molecule has 0 heterocycles. The van der Waals surface area contributed by atoms with Gasteiger partial charge < -0.3 is 21.7 Å². The van der Waals surface area contributed by atoms with E-state index < -0.39 is 11.9 Å². The molecule has 0 aliphatic rings. The Morgan fingerprint density at radius 1 is 1.33 bits per heavy atom. The van der Waals surface area contributed by atoms with Crippen molar-refractivity contribution in [2.45, 2.75) is 13.0 Å². The van der Waals surface area contributed by atoms with Crippen LogP contribution in [0.1, 0.15) is 17.3 Å². The van der Waals surface area contributed by atoms with Crippen LogP contribution in [0, 0.1) is 0 Å². The number of benzene rings is 1. The van der Waals surface area contributed by atoms with E-state index in [9.17, 15) is 9.59 Å². The van der Waals surface area contributed by atoms with E-state index in [2.05, 4.69) is 5.32 Å². The molecule has 0 saturated carbocycles. The maximum Gasteiger partial charge on any atom is 0.248 e. The Balaban J connectivity index is 2.93. The average molecular weight is 250 g/mol. The topological polar surface area (TPSA) is 101 Å². The van der Waals surface area contributed by atoms with E-state index >= 15 is 0 Å². The maximum absolute atomic E-state index is 11.7. The van der Waals surface area contributed by atoms with Crippen molar-refractivity contribution in [2.24, 2.45) is 5.73 Å². The summed E-state index contributed by atoms with van der Waals surface area (Å²) in [4.78, 5) is 24.3. The third-order valence-electron chi connectivity index (χ3n) is 2.52. The first kappa shape index (κ1) is 13.8. The smallest absolute Gasteiger partial charge is 0.248 e. The number of amides is 2. The fourth-order valence-corrected chi connectivity index (χ4v) is 1.52. The lowest BCUT2D eigenvalue weighted by atomic mass is 10.1. The average Bonchev–Trinajstić information content (AvgIpc) is 2.30. The first-order chi connectivity index (χ1) is 8.32. The Bertz CT molecular complexity index is 471. The molecule has 5 N–H and O–H groups in total. The third-order valence-corrected chi connectivity index (χ3v) is 2.52. The summed E-state index contributed by atoms with van der Waals surface area (Å²) in [5, 5.41) is 2.96. The van der Waals surface area contributed by atoms with Crippen LogP contribution < -0.4 is 16.8 Å². The lowest BCUT2D eigenvalue weighted by molar-refractivity contribution is -0.129. The minimum Gasteiger partial charge on any atom is -0.397 e. The van der Waals surface area contributed by atoms with Gasteiger partial charge in [0.15, 0.2) is 0 Å². The van der Waals surface area contributed by atoms with Crippen LogP contribution >= 0.6 is 0 Å². The summed E-state index contributed by atoms with van der Waals surface area (Å²) < 4.78 is 0. The number of rotatable bonds is 4. The number of carbonyl (C=O) groups is 2. The fourth-order valence-electron chi connectivity index (χ4n) is 1.52. The zero-order chi connectivity index (χ0) is 13.9. The molecule has 98 valence electrons. The molecule has 0 aliphatic carbocycles. The van der Waals surface area contributed by atoms with Gasteiger partial charge in [0.2, 0.25) is 11.8 Å². The number of nitrogen functional groups attached to an aromatic ring is 1. The van der Waals surface area contributed by atoms with Gasteiger partial charge in [0.1, 0.15) is 6.04 Å². The Morgan fingerprint density at radius 3 is 2.44 bits per heavy atom. The van der Waals surface area contributed by atoms with Gasteiger partial charge in [-0.05, 0) is 25.1 Å². The Hall–Kier alpha value is -2.24. The molecule has 2 amide bonds. The number of anilines is 2. The van der Waals surface area contributed by atoms with Crippen LogP contribution in [0.4, 0.5) is 11.4 Å². The fraction of sp³-hybridized carbons (Fsp3) is 0.333. The highest BCUT2D eigenvalue weighted by Gasteiger charge is 2.16. The minimum absolute atomic E-state index is 0.0844. The summed E-state index contributed by atoms with van der Waals surface area (Å²) in [6, 6.07) is 4.22. The monoisotopic (exact) mass is 250 g/mol. The molecular weight excluding hydrogens is 232 g/mol. The molecule has 1 aromatic rings. The van der Waals surface area contributed by atoms with Crippen molar-refractivity contribution in [1.29, 1.82) is 0 Å². The van der Waals surface area contributed by atoms with Crippen molar-refractivity contribution in [3.8, 4) is 0 Å². The summed E-state index contributed by atoms with van der Waals surface area (Å²) in [5.41, 5.74) is 12.3. The zero-order valence-corrected chi connectivity index (χ0v) is 10.7. The normalized spacial score (nSPS) is 11.7. The van der Waals surface area contributed by atoms with Gasteiger partial charge in [0, 0.05) is 19.7 Å². The van der Waals surface area contributed by atoms with Gasteiger partial charge in [-0.2, -0.15) is 0 Å². The number of nitrogens with zero attached hydrogens (tertiary/aromatic N) is 1. The van der Waals surface area contributed by atoms with Crippen LogP contribution in [0.2, 0.25) is 0 Å². The summed E-state index contributed by atoms with van der Waals surface area (Å²) in [7, 11) is 3.34. The first-order valence-electron chi connectivity index (χ1n) is 5.50. The molecule has 0 spiro atoms. The number of hydrogen-bond acceptors (Lipinski definition) is 4. The predicted molar refractivity (Wildman–Crippen MR) is 71.2 cm³/mol. The molecule has 1 unspecified atom stereocenters. The molecule has 1 aromatic carbocycles. The van der Waals surface area contributed by atoms with E-state index in [-0.39, 0.29) is 5.91 Å². The van der Waals surface area contributed by atoms with Crippen molar-refractivity contribution < 1.29 is 9.59 Å². The van der Waals surface area contributed by atoms with Crippen molar-refractivity contribution >= 4 is 23.2 Å². The van der Waals surface area contributed by atoms with E-state index in [4.69, 9.17) is 11.5 Å². The highest BCUT2D eigenvalue weighted by Crippen LogP contribution is 2.21. The van der Waals surface area contributed by atoms with E-state index in [0.717, 1.165) is 0 Å². The van der Waals surface area contributed by atoms with Gasteiger partial charge >= 0.3 is 0 Å². The van der Waals surface area contributed by atoms with E-state index in [1.807, 2.05) is 0 Å². The molecule has 18 heavy (non-hydrogen) atoms. The van der Waals surface area contributed by atoms with Crippen LogP contribution in [0.3, 0.4) is 0 Å². The lowest BCUT2D eigenvalue weighted by Crippen LogP contribution is -2.36. The largest absolute Gasteiger partial charge is 0.397 e. The number of likely N-dealkylation sites (N-methyl/N-ethyl adjacent to an activating group) is 1. The Labute approximate surface area is 106 Å². The molecule has 6 heteroatoms.